The third-order valence-corrected chi connectivity index (χ3v) is 2.49. The van der Waals surface area contributed by atoms with Crippen molar-refractivity contribution in [3.8, 4) is 0 Å². The normalized spacial score (nSPS) is 15.9. The summed E-state index contributed by atoms with van der Waals surface area (Å²) in [4.78, 5) is 22.5. The van der Waals surface area contributed by atoms with Gasteiger partial charge in [-0.25, -0.2) is 4.79 Å². The fraction of sp³-hybridized carbons (Fsp3) is 0.833. The smallest absolute Gasteiger partial charge is 0.360 e. The Bertz CT molecular complexity index is 308. The van der Waals surface area contributed by atoms with E-state index in [1.165, 1.54) is 0 Å². The average molecular weight is 276 g/mol. The Hall–Kier alpha value is -1.18. The van der Waals surface area contributed by atoms with Gasteiger partial charge >= 0.3 is 5.97 Å². The number of hydrogen-bond acceptors (Lipinski definition) is 5. The molecule has 0 aliphatic heterocycles. The van der Waals surface area contributed by atoms with Gasteiger partial charge in [0, 0.05) is 6.61 Å². The van der Waals surface area contributed by atoms with Crippen LogP contribution in [0.15, 0.2) is 0 Å². The Labute approximate surface area is 113 Å². The van der Waals surface area contributed by atoms with Gasteiger partial charge in [-0.15, -0.1) is 0 Å². The molecule has 112 valence electrons. The minimum atomic E-state index is -2.46. The molecule has 0 fully saturated rings. The van der Waals surface area contributed by atoms with Crippen LogP contribution >= 0.6 is 0 Å². The van der Waals surface area contributed by atoms with Gasteiger partial charge in [0.25, 0.3) is 5.72 Å². The summed E-state index contributed by atoms with van der Waals surface area (Å²) in [7, 11) is 0. The largest absolute Gasteiger partial charge is 0.478 e. The molecule has 0 rings (SSSR count). The van der Waals surface area contributed by atoms with Gasteiger partial charge in [0.1, 0.15) is 6.10 Å². The first-order valence-electron chi connectivity index (χ1n) is 6.36. The van der Waals surface area contributed by atoms with Crippen molar-refractivity contribution < 1.29 is 24.5 Å². The highest BCUT2D eigenvalue weighted by molar-refractivity contribution is 5.86. The third kappa shape index (κ3) is 5.54. The molecule has 0 radical (unpaired) electrons. The van der Waals surface area contributed by atoms with Gasteiger partial charge in [0.05, 0.1) is 6.54 Å². The number of aliphatic hydroxyl groups is 1. The van der Waals surface area contributed by atoms with E-state index in [2.05, 4.69) is 0 Å². The molecule has 19 heavy (non-hydrogen) atoms. The van der Waals surface area contributed by atoms with Crippen molar-refractivity contribution >= 4 is 11.9 Å². The predicted molar refractivity (Wildman–Crippen MR) is 69.3 cm³/mol. The fourth-order valence-electron chi connectivity index (χ4n) is 1.52. The molecule has 1 amide bonds. The van der Waals surface area contributed by atoms with Gasteiger partial charge in [-0.2, -0.15) is 0 Å². The molecule has 2 atom stereocenters. The second-order valence-corrected chi connectivity index (χ2v) is 4.83. The van der Waals surface area contributed by atoms with Gasteiger partial charge in [-0.3, -0.25) is 4.79 Å². The quantitative estimate of drug-likeness (QED) is 0.428. The average Bonchev–Trinajstić information content (AvgIpc) is 2.33. The monoisotopic (exact) mass is 276 g/mol. The summed E-state index contributed by atoms with van der Waals surface area (Å²) in [5.41, 5.74) is 2.66. The number of rotatable bonds is 9. The Kier molecular flexibility index (Phi) is 7.58. The van der Waals surface area contributed by atoms with Gasteiger partial charge in [-0.05, 0) is 12.3 Å². The summed E-state index contributed by atoms with van der Waals surface area (Å²) < 4.78 is 5.43. The number of carboxylic acid groups (broad SMARTS) is 1. The summed E-state index contributed by atoms with van der Waals surface area (Å²) in [6.07, 6.45) is -0.107. The van der Waals surface area contributed by atoms with E-state index in [1.54, 1.807) is 0 Å². The molecule has 0 spiro atoms. The van der Waals surface area contributed by atoms with Crippen LogP contribution in [0.4, 0.5) is 0 Å². The Morgan fingerprint density at radius 1 is 1.42 bits per heavy atom. The first-order valence-corrected chi connectivity index (χ1v) is 6.36. The summed E-state index contributed by atoms with van der Waals surface area (Å²) >= 11 is 0. The molecule has 5 N–H and O–H groups in total. The van der Waals surface area contributed by atoms with Crippen LogP contribution in [0.2, 0.25) is 0 Å². The van der Waals surface area contributed by atoms with Crippen molar-refractivity contribution in [1.82, 2.24) is 5.32 Å². The van der Waals surface area contributed by atoms with Crippen LogP contribution in [0.3, 0.4) is 0 Å². The lowest BCUT2D eigenvalue weighted by molar-refractivity contribution is -0.188. The molecule has 0 heterocycles. The number of carboxylic acids is 1. The van der Waals surface area contributed by atoms with E-state index in [0.29, 0.717) is 19.4 Å². The van der Waals surface area contributed by atoms with Gasteiger partial charge in [-0.1, -0.05) is 27.2 Å². The maximum absolute atomic E-state index is 11.3. The number of carbonyl (C=O) groups is 2. The molecule has 0 bridgehead atoms. The van der Waals surface area contributed by atoms with Crippen LogP contribution in [0, 0.1) is 5.92 Å². The van der Waals surface area contributed by atoms with E-state index in [1.807, 2.05) is 26.1 Å². The van der Waals surface area contributed by atoms with E-state index >= 15 is 0 Å². The molecule has 0 aromatic heterocycles. The molecule has 0 aromatic carbocycles. The number of nitrogens with one attached hydrogen (secondary N) is 1. The summed E-state index contributed by atoms with van der Waals surface area (Å²) in [5.74, 6) is -2.13. The highest BCUT2D eigenvalue weighted by atomic mass is 16.5. The number of ether oxygens (including phenoxy) is 1. The van der Waals surface area contributed by atoms with Crippen molar-refractivity contribution in [3.63, 3.8) is 0 Å². The SMILES string of the molecule is CCCC(OCC(C)C)C(O)(NC(=O)CN)C(=O)O. The molecule has 0 aliphatic rings. The highest BCUT2D eigenvalue weighted by Crippen LogP contribution is 2.18. The predicted octanol–water partition coefficient (Wildman–Crippen LogP) is -0.324. The zero-order valence-electron chi connectivity index (χ0n) is 11.7. The molecular formula is C12H24N2O5. The maximum Gasteiger partial charge on any atom is 0.360 e. The lowest BCUT2D eigenvalue weighted by Crippen LogP contribution is -2.63. The second kappa shape index (κ2) is 8.08. The van der Waals surface area contributed by atoms with Crippen molar-refractivity contribution in [3.05, 3.63) is 0 Å². The topological polar surface area (TPSA) is 122 Å². The zero-order valence-corrected chi connectivity index (χ0v) is 11.7. The molecule has 0 aromatic rings. The van der Waals surface area contributed by atoms with E-state index < -0.39 is 30.3 Å². The Morgan fingerprint density at radius 2 is 2.00 bits per heavy atom. The van der Waals surface area contributed by atoms with Gasteiger partial charge in [0.15, 0.2) is 0 Å². The number of amides is 1. The van der Waals surface area contributed by atoms with Crippen molar-refractivity contribution in [2.24, 2.45) is 11.7 Å². The highest BCUT2D eigenvalue weighted by Gasteiger charge is 2.46. The third-order valence-electron chi connectivity index (χ3n) is 2.49. The minimum Gasteiger partial charge on any atom is -0.478 e. The van der Waals surface area contributed by atoms with Gasteiger partial charge in [0.2, 0.25) is 5.91 Å². The summed E-state index contributed by atoms with van der Waals surface area (Å²) in [5, 5.41) is 21.4. The standard InChI is InChI=1S/C12H24N2O5/c1-4-5-9(19-7-8(2)3)12(18,11(16)17)14-10(15)6-13/h8-9,18H,4-7,13H2,1-3H3,(H,14,15)(H,16,17). The number of aliphatic carboxylic acids is 1. The Balaban J connectivity index is 5.02. The number of nitrogens with two attached hydrogens (primary N) is 1. The van der Waals surface area contributed by atoms with Crippen molar-refractivity contribution in [2.75, 3.05) is 13.2 Å². The molecule has 0 aliphatic carbocycles. The Morgan fingerprint density at radius 3 is 2.37 bits per heavy atom. The van der Waals surface area contributed by atoms with Crippen LogP contribution < -0.4 is 11.1 Å². The van der Waals surface area contributed by atoms with E-state index in [9.17, 15) is 14.7 Å². The first kappa shape index (κ1) is 17.8. The van der Waals surface area contributed by atoms with Crippen LogP contribution in [0.25, 0.3) is 0 Å². The number of hydrogen-bond donors (Lipinski definition) is 4. The summed E-state index contributed by atoms with van der Waals surface area (Å²) in [6, 6.07) is 0. The second-order valence-electron chi connectivity index (χ2n) is 4.83. The fourth-order valence-corrected chi connectivity index (χ4v) is 1.52. The molecular weight excluding hydrogens is 252 g/mol. The van der Waals surface area contributed by atoms with Crippen molar-refractivity contribution in [2.45, 2.75) is 45.4 Å². The summed E-state index contributed by atoms with van der Waals surface area (Å²) in [6.45, 7) is 5.53. The van der Waals surface area contributed by atoms with Crippen LogP contribution in [0.1, 0.15) is 33.6 Å². The molecule has 0 saturated heterocycles. The molecule has 7 nitrogen and oxygen atoms in total. The van der Waals surface area contributed by atoms with E-state index in [4.69, 9.17) is 15.6 Å². The molecule has 2 unspecified atom stereocenters. The van der Waals surface area contributed by atoms with Crippen LogP contribution in [-0.4, -0.2) is 47.1 Å². The maximum atomic E-state index is 11.3. The van der Waals surface area contributed by atoms with Gasteiger partial charge < -0.3 is 26.0 Å². The van der Waals surface area contributed by atoms with E-state index in [-0.39, 0.29) is 5.92 Å². The van der Waals surface area contributed by atoms with Crippen molar-refractivity contribution in [1.29, 1.82) is 0 Å². The first-order chi connectivity index (χ1) is 8.77. The lowest BCUT2D eigenvalue weighted by Gasteiger charge is -2.33. The van der Waals surface area contributed by atoms with Crippen LogP contribution in [-0.2, 0) is 14.3 Å². The minimum absolute atomic E-state index is 0.183. The molecule has 0 saturated carbocycles. The molecule has 7 heteroatoms. The lowest BCUT2D eigenvalue weighted by atomic mass is 10.0. The zero-order chi connectivity index (χ0) is 15.1. The van der Waals surface area contributed by atoms with Crippen LogP contribution in [0.5, 0.6) is 0 Å². The van der Waals surface area contributed by atoms with E-state index in [0.717, 1.165) is 0 Å². The number of carbonyl (C=O) groups excluding carboxylic acids is 1.